The van der Waals surface area contributed by atoms with Gasteiger partial charge in [0.25, 0.3) is 0 Å². The second kappa shape index (κ2) is 7.05. The van der Waals surface area contributed by atoms with Crippen LogP contribution in [0.3, 0.4) is 0 Å². The van der Waals surface area contributed by atoms with Crippen LogP contribution in [0.4, 0.5) is 4.79 Å². The molecule has 0 bridgehead atoms. The third kappa shape index (κ3) is 5.48. The molecule has 0 spiro atoms. The van der Waals surface area contributed by atoms with Crippen molar-refractivity contribution in [2.45, 2.75) is 19.4 Å². The van der Waals surface area contributed by atoms with Gasteiger partial charge in [0.2, 0.25) is 10.0 Å². The van der Waals surface area contributed by atoms with Crippen molar-refractivity contribution < 1.29 is 27.9 Å². The largest absolute Gasteiger partial charge is 0.481 e. The van der Waals surface area contributed by atoms with Gasteiger partial charge >= 0.3 is 12.0 Å². The van der Waals surface area contributed by atoms with E-state index in [4.69, 9.17) is 9.84 Å². The second-order valence-corrected chi connectivity index (χ2v) is 7.04. The van der Waals surface area contributed by atoms with Crippen molar-refractivity contribution in [2.24, 2.45) is 5.41 Å². The molecule has 0 aromatic rings. The molecule has 9 nitrogen and oxygen atoms in total. The molecule has 1 fully saturated rings. The first-order valence-corrected chi connectivity index (χ1v) is 8.34. The highest BCUT2D eigenvalue weighted by molar-refractivity contribution is 7.88. The molecule has 1 heterocycles. The zero-order chi connectivity index (χ0) is 16.1. The van der Waals surface area contributed by atoms with Crippen LogP contribution < -0.4 is 15.4 Å². The van der Waals surface area contributed by atoms with E-state index in [-0.39, 0.29) is 26.3 Å². The quantitative estimate of drug-likeness (QED) is 0.431. The van der Waals surface area contributed by atoms with Gasteiger partial charge in [0, 0.05) is 13.1 Å². The number of aliphatic carboxylic acids is 1. The number of hydrogen-bond acceptors (Lipinski definition) is 5. The summed E-state index contributed by atoms with van der Waals surface area (Å²) in [5.74, 6) is -1.03. The minimum Gasteiger partial charge on any atom is -0.481 e. The number of nitrogens with one attached hydrogen (secondary N) is 3. The first-order valence-electron chi connectivity index (χ1n) is 6.45. The number of urea groups is 1. The van der Waals surface area contributed by atoms with E-state index in [9.17, 15) is 18.0 Å². The summed E-state index contributed by atoms with van der Waals surface area (Å²) in [5, 5.41) is 14.3. The van der Waals surface area contributed by atoms with Gasteiger partial charge in [-0.25, -0.2) is 17.9 Å². The Morgan fingerprint density at radius 2 is 2.05 bits per heavy atom. The predicted octanol–water partition coefficient (Wildman–Crippen LogP) is -1.29. The summed E-state index contributed by atoms with van der Waals surface area (Å²) < 4.78 is 29.0. The predicted molar refractivity (Wildman–Crippen MR) is 74.3 cm³/mol. The van der Waals surface area contributed by atoms with Gasteiger partial charge in [-0.3, -0.25) is 4.79 Å². The van der Waals surface area contributed by atoms with Crippen LogP contribution in [0.1, 0.15) is 13.3 Å². The van der Waals surface area contributed by atoms with Crippen molar-refractivity contribution in [3.63, 3.8) is 0 Å². The maximum Gasteiger partial charge on any atom is 0.315 e. The lowest BCUT2D eigenvalue weighted by molar-refractivity contribution is -0.148. The summed E-state index contributed by atoms with van der Waals surface area (Å²) in [5.41, 5.74) is -1.14. The fourth-order valence-corrected chi connectivity index (χ4v) is 2.36. The average Bonchev–Trinajstić information content (AvgIpc) is 2.70. The van der Waals surface area contributed by atoms with Gasteiger partial charge in [-0.05, 0) is 13.3 Å². The van der Waals surface area contributed by atoms with E-state index in [1.165, 1.54) is 6.92 Å². The second-order valence-electron chi connectivity index (χ2n) is 5.21. The van der Waals surface area contributed by atoms with Crippen LogP contribution >= 0.6 is 0 Å². The van der Waals surface area contributed by atoms with E-state index in [0.29, 0.717) is 6.42 Å². The minimum atomic E-state index is -3.23. The maximum atomic E-state index is 11.7. The van der Waals surface area contributed by atoms with Gasteiger partial charge in [-0.15, -0.1) is 0 Å². The smallest absolute Gasteiger partial charge is 0.315 e. The topological polar surface area (TPSA) is 134 Å². The molecule has 1 saturated heterocycles. The number of carboxylic acid groups (broad SMARTS) is 1. The van der Waals surface area contributed by atoms with Gasteiger partial charge in [0.05, 0.1) is 25.5 Å². The standard InChI is InChI=1S/C11H21N3O6S/c1-11(9(15)16)7-20-6-8(11)14-10(17)12-4-3-5-13-21(2,18)19/h8,13H,3-7H2,1-2H3,(H,15,16)(H2,12,14,17). The van der Waals surface area contributed by atoms with Gasteiger partial charge in [-0.2, -0.15) is 0 Å². The molecule has 2 unspecified atom stereocenters. The number of hydrogen-bond donors (Lipinski definition) is 4. The first kappa shape index (κ1) is 17.7. The van der Waals surface area contributed by atoms with Crippen LogP contribution in [-0.4, -0.2) is 64.1 Å². The molecule has 10 heteroatoms. The zero-order valence-electron chi connectivity index (χ0n) is 12.0. The highest BCUT2D eigenvalue weighted by Crippen LogP contribution is 2.28. The summed E-state index contributed by atoms with van der Waals surface area (Å²) in [6.45, 7) is 2.20. The molecule has 0 aromatic heterocycles. The normalized spacial score (nSPS) is 25.5. The van der Waals surface area contributed by atoms with Crippen molar-refractivity contribution in [2.75, 3.05) is 32.6 Å². The van der Waals surface area contributed by atoms with Crippen molar-refractivity contribution in [1.82, 2.24) is 15.4 Å². The lowest BCUT2D eigenvalue weighted by Gasteiger charge is -2.25. The van der Waals surface area contributed by atoms with E-state index in [0.717, 1.165) is 6.26 Å². The van der Waals surface area contributed by atoms with E-state index < -0.39 is 33.5 Å². The molecule has 0 aliphatic carbocycles. The molecule has 0 radical (unpaired) electrons. The molecular formula is C11H21N3O6S. The Labute approximate surface area is 123 Å². The van der Waals surface area contributed by atoms with E-state index in [2.05, 4.69) is 15.4 Å². The molecule has 1 aliphatic rings. The van der Waals surface area contributed by atoms with Gasteiger partial charge < -0.3 is 20.5 Å². The SMILES string of the molecule is CC1(C(=O)O)COCC1NC(=O)NCCCNS(C)(=O)=O. The lowest BCUT2D eigenvalue weighted by atomic mass is 9.85. The maximum absolute atomic E-state index is 11.7. The minimum absolute atomic E-state index is 0.0472. The Kier molecular flexibility index (Phi) is 5.93. The number of sulfonamides is 1. The molecule has 4 N–H and O–H groups in total. The third-order valence-electron chi connectivity index (χ3n) is 3.25. The van der Waals surface area contributed by atoms with Crippen molar-refractivity contribution in [3.8, 4) is 0 Å². The van der Waals surface area contributed by atoms with Crippen molar-refractivity contribution in [1.29, 1.82) is 0 Å². The number of carbonyl (C=O) groups is 2. The number of rotatable bonds is 7. The number of carbonyl (C=O) groups excluding carboxylic acids is 1. The van der Waals surface area contributed by atoms with Crippen LogP contribution in [0.25, 0.3) is 0 Å². The van der Waals surface area contributed by atoms with E-state index >= 15 is 0 Å². The molecule has 21 heavy (non-hydrogen) atoms. The molecule has 0 saturated carbocycles. The first-order chi connectivity index (χ1) is 9.65. The fourth-order valence-electron chi connectivity index (χ4n) is 1.84. The van der Waals surface area contributed by atoms with Crippen LogP contribution in [-0.2, 0) is 19.6 Å². The van der Waals surface area contributed by atoms with Crippen LogP contribution in [0.2, 0.25) is 0 Å². The molecule has 2 amide bonds. The highest BCUT2D eigenvalue weighted by atomic mass is 32.2. The average molecular weight is 323 g/mol. The molecule has 122 valence electrons. The fraction of sp³-hybridized carbons (Fsp3) is 0.818. The number of ether oxygens (including phenoxy) is 1. The van der Waals surface area contributed by atoms with Crippen LogP contribution in [0.15, 0.2) is 0 Å². The Balaban J connectivity index is 2.29. The summed E-state index contributed by atoms with van der Waals surface area (Å²) in [6, 6.07) is -1.11. The Morgan fingerprint density at radius 1 is 1.38 bits per heavy atom. The molecule has 2 atom stereocenters. The summed E-state index contributed by atoms with van der Waals surface area (Å²) in [7, 11) is -3.23. The Hall–Kier alpha value is -1.39. The van der Waals surface area contributed by atoms with Gasteiger partial charge in [0.15, 0.2) is 0 Å². The molecule has 0 aromatic carbocycles. The Morgan fingerprint density at radius 3 is 2.62 bits per heavy atom. The number of carboxylic acids is 1. The summed E-state index contributed by atoms with van der Waals surface area (Å²) in [4.78, 5) is 22.9. The summed E-state index contributed by atoms with van der Waals surface area (Å²) in [6.07, 6.45) is 1.48. The van der Waals surface area contributed by atoms with Crippen molar-refractivity contribution >= 4 is 22.0 Å². The molecular weight excluding hydrogens is 302 g/mol. The number of amides is 2. The van der Waals surface area contributed by atoms with Crippen LogP contribution in [0, 0.1) is 5.41 Å². The Bertz CT molecular complexity index is 494. The molecule has 1 rings (SSSR count). The third-order valence-corrected chi connectivity index (χ3v) is 3.98. The summed E-state index contributed by atoms with van der Waals surface area (Å²) >= 11 is 0. The van der Waals surface area contributed by atoms with Crippen LogP contribution in [0.5, 0.6) is 0 Å². The molecule has 1 aliphatic heterocycles. The van der Waals surface area contributed by atoms with Crippen molar-refractivity contribution in [3.05, 3.63) is 0 Å². The monoisotopic (exact) mass is 323 g/mol. The van der Waals surface area contributed by atoms with E-state index in [1.54, 1.807) is 0 Å². The lowest BCUT2D eigenvalue weighted by Crippen LogP contribution is -2.52. The van der Waals surface area contributed by atoms with Gasteiger partial charge in [0.1, 0.15) is 5.41 Å². The van der Waals surface area contributed by atoms with Gasteiger partial charge in [-0.1, -0.05) is 0 Å². The van der Waals surface area contributed by atoms with E-state index in [1.807, 2.05) is 0 Å². The zero-order valence-corrected chi connectivity index (χ0v) is 12.8. The highest BCUT2D eigenvalue weighted by Gasteiger charge is 2.47.